The quantitative estimate of drug-likeness (QED) is 0.474. The normalized spacial score (nSPS) is 14.3. The monoisotopic (exact) mass is 501 g/mol. The van der Waals surface area contributed by atoms with Gasteiger partial charge in [-0.15, -0.1) is 12.4 Å². The van der Waals surface area contributed by atoms with Crippen LogP contribution in [0.1, 0.15) is 10.4 Å². The van der Waals surface area contributed by atoms with Gasteiger partial charge in [0.2, 0.25) is 0 Å². The van der Waals surface area contributed by atoms with Gasteiger partial charge in [0, 0.05) is 36.2 Å². The lowest BCUT2D eigenvalue weighted by atomic mass is 10.1. The molecule has 1 aliphatic heterocycles. The number of hydrogen-bond acceptors (Lipinski definition) is 6. The van der Waals surface area contributed by atoms with Gasteiger partial charge in [-0.1, -0.05) is 34.5 Å². The number of halogens is 3. The van der Waals surface area contributed by atoms with E-state index in [2.05, 4.69) is 4.90 Å². The second-order valence-corrected chi connectivity index (χ2v) is 8.75. The van der Waals surface area contributed by atoms with Crippen LogP contribution in [0.2, 0.25) is 10.0 Å². The largest absolute Gasteiger partial charge is 0.496 e. The van der Waals surface area contributed by atoms with Crippen LogP contribution >= 0.6 is 46.9 Å². The van der Waals surface area contributed by atoms with Crippen molar-refractivity contribution in [1.82, 2.24) is 9.88 Å². The lowest BCUT2D eigenvalue weighted by Gasteiger charge is -2.29. The number of benzene rings is 2. The molecule has 0 unspecified atom stereocenters. The van der Waals surface area contributed by atoms with Crippen molar-refractivity contribution in [3.63, 3.8) is 0 Å². The summed E-state index contributed by atoms with van der Waals surface area (Å²) >= 11 is 13.7. The van der Waals surface area contributed by atoms with Crippen LogP contribution in [0.15, 0.2) is 36.4 Å². The van der Waals surface area contributed by atoms with Gasteiger partial charge in [0.15, 0.2) is 5.13 Å². The molecular weight excluding hydrogens is 481 g/mol. The highest BCUT2D eigenvalue weighted by molar-refractivity contribution is 7.22. The van der Waals surface area contributed by atoms with Gasteiger partial charge in [-0.25, -0.2) is 4.98 Å². The van der Waals surface area contributed by atoms with Crippen molar-refractivity contribution >= 4 is 68.2 Å². The van der Waals surface area contributed by atoms with Gasteiger partial charge in [-0.2, -0.15) is 0 Å². The number of rotatable bonds is 6. The fraction of sp³-hybridized carbons (Fsp3) is 0.333. The van der Waals surface area contributed by atoms with Crippen molar-refractivity contribution in [2.45, 2.75) is 0 Å². The Morgan fingerprint density at radius 1 is 1.19 bits per heavy atom. The molecule has 0 saturated carbocycles. The zero-order valence-corrected chi connectivity index (χ0v) is 20.0. The second-order valence-electron chi connectivity index (χ2n) is 6.86. The molecule has 0 atom stereocenters. The van der Waals surface area contributed by atoms with Gasteiger partial charge in [-0.05, 0) is 36.4 Å². The third-order valence-electron chi connectivity index (χ3n) is 4.95. The van der Waals surface area contributed by atoms with Gasteiger partial charge >= 0.3 is 0 Å². The van der Waals surface area contributed by atoms with Crippen LogP contribution in [0.25, 0.3) is 10.2 Å². The van der Waals surface area contributed by atoms with E-state index in [-0.39, 0.29) is 18.3 Å². The fourth-order valence-electron chi connectivity index (χ4n) is 3.34. The molecule has 1 aromatic heterocycles. The molecule has 0 spiro atoms. The Morgan fingerprint density at radius 3 is 2.65 bits per heavy atom. The van der Waals surface area contributed by atoms with E-state index in [0.717, 1.165) is 23.3 Å². The summed E-state index contributed by atoms with van der Waals surface area (Å²) in [7, 11) is 1.54. The Hall–Kier alpha value is -1.61. The average molecular weight is 503 g/mol. The topological polar surface area (TPSA) is 54.9 Å². The van der Waals surface area contributed by atoms with Crippen LogP contribution in [-0.2, 0) is 4.74 Å². The molecule has 0 radical (unpaired) electrons. The molecule has 0 N–H and O–H groups in total. The summed E-state index contributed by atoms with van der Waals surface area (Å²) in [6, 6.07) is 10.6. The predicted molar refractivity (Wildman–Crippen MR) is 129 cm³/mol. The minimum absolute atomic E-state index is 0. The van der Waals surface area contributed by atoms with Crippen LogP contribution in [0, 0.1) is 0 Å². The van der Waals surface area contributed by atoms with E-state index in [1.807, 2.05) is 12.1 Å². The molecule has 31 heavy (non-hydrogen) atoms. The van der Waals surface area contributed by atoms with E-state index in [1.54, 1.807) is 29.2 Å². The number of carbonyl (C=O) groups is 1. The maximum Gasteiger partial charge on any atom is 0.263 e. The van der Waals surface area contributed by atoms with Gasteiger partial charge in [0.1, 0.15) is 5.75 Å². The smallest absolute Gasteiger partial charge is 0.263 e. The van der Waals surface area contributed by atoms with E-state index < -0.39 is 0 Å². The number of thiazole rings is 1. The van der Waals surface area contributed by atoms with E-state index in [1.165, 1.54) is 18.4 Å². The number of fused-ring (bicyclic) bond motifs is 1. The number of anilines is 1. The maximum absolute atomic E-state index is 13.6. The molecule has 0 aliphatic carbocycles. The van der Waals surface area contributed by atoms with Gasteiger partial charge < -0.3 is 9.47 Å². The minimum Gasteiger partial charge on any atom is -0.496 e. The van der Waals surface area contributed by atoms with Crippen molar-refractivity contribution in [2.24, 2.45) is 0 Å². The van der Waals surface area contributed by atoms with Crippen LogP contribution < -0.4 is 9.64 Å². The molecule has 1 fully saturated rings. The van der Waals surface area contributed by atoms with Crippen LogP contribution in [0.5, 0.6) is 5.75 Å². The molecule has 4 rings (SSSR count). The Balaban J connectivity index is 0.00000272. The number of ether oxygens (including phenoxy) is 2. The molecular formula is C21H22Cl3N3O3S. The fourth-order valence-corrected chi connectivity index (χ4v) is 4.78. The highest BCUT2D eigenvalue weighted by Gasteiger charge is 2.25. The standard InChI is InChI=1S/C21H21Cl2N3O3S.ClH/c1-28-18-5-3-14(22)12-16(18)20(27)26(7-6-25-8-10-29-11-9-25)21-24-17-4-2-15(23)13-19(17)30-21;/h2-5,12-13H,6-11H2,1H3;1H. The van der Waals surface area contributed by atoms with E-state index in [9.17, 15) is 4.79 Å². The molecule has 166 valence electrons. The highest BCUT2D eigenvalue weighted by atomic mass is 35.5. The number of carbonyl (C=O) groups excluding carboxylic acids is 1. The number of aromatic nitrogens is 1. The first kappa shape index (κ1) is 24.0. The molecule has 0 bridgehead atoms. The lowest BCUT2D eigenvalue weighted by molar-refractivity contribution is 0.0391. The average Bonchev–Trinajstić information content (AvgIpc) is 3.17. The van der Waals surface area contributed by atoms with Crippen molar-refractivity contribution in [2.75, 3.05) is 51.4 Å². The molecule has 10 heteroatoms. The Bertz CT molecular complexity index is 1060. The van der Waals surface area contributed by atoms with Crippen molar-refractivity contribution < 1.29 is 14.3 Å². The summed E-state index contributed by atoms with van der Waals surface area (Å²) < 4.78 is 11.8. The SMILES string of the molecule is COc1ccc(Cl)cc1C(=O)N(CCN1CCOCC1)c1nc2ccc(Cl)cc2s1.Cl. The summed E-state index contributed by atoms with van der Waals surface area (Å²) in [6.45, 7) is 4.30. The first-order chi connectivity index (χ1) is 14.5. The van der Waals surface area contributed by atoms with Gasteiger partial charge in [-0.3, -0.25) is 14.6 Å². The minimum atomic E-state index is -0.201. The lowest BCUT2D eigenvalue weighted by Crippen LogP contribution is -2.43. The first-order valence-corrected chi connectivity index (χ1v) is 11.1. The third kappa shape index (κ3) is 5.61. The molecule has 1 aliphatic rings. The number of methoxy groups -OCH3 is 1. The molecule has 2 heterocycles. The van der Waals surface area contributed by atoms with E-state index in [4.69, 9.17) is 37.7 Å². The van der Waals surface area contributed by atoms with E-state index in [0.29, 0.717) is 52.8 Å². The molecule has 3 aromatic rings. The number of nitrogens with zero attached hydrogens (tertiary/aromatic N) is 3. The zero-order valence-electron chi connectivity index (χ0n) is 16.8. The summed E-state index contributed by atoms with van der Waals surface area (Å²) in [5.74, 6) is 0.276. The molecule has 1 saturated heterocycles. The summed E-state index contributed by atoms with van der Waals surface area (Å²) in [6.07, 6.45) is 0. The summed E-state index contributed by atoms with van der Waals surface area (Å²) in [5, 5.41) is 1.73. The van der Waals surface area contributed by atoms with Crippen LogP contribution in [0.3, 0.4) is 0 Å². The zero-order chi connectivity index (χ0) is 21.1. The molecule has 2 aromatic carbocycles. The Morgan fingerprint density at radius 2 is 1.90 bits per heavy atom. The second kappa shape index (κ2) is 10.8. The predicted octanol–water partition coefficient (Wildman–Crippen LogP) is 5.01. The first-order valence-electron chi connectivity index (χ1n) is 9.57. The number of morpholine rings is 1. The van der Waals surface area contributed by atoms with Crippen molar-refractivity contribution in [3.05, 3.63) is 52.0 Å². The number of amides is 1. The maximum atomic E-state index is 13.6. The van der Waals surface area contributed by atoms with Crippen LogP contribution in [0.4, 0.5) is 5.13 Å². The Labute approximate surface area is 201 Å². The molecule has 1 amide bonds. The van der Waals surface area contributed by atoms with E-state index >= 15 is 0 Å². The van der Waals surface area contributed by atoms with Crippen LogP contribution in [-0.4, -0.2) is 62.3 Å². The van der Waals surface area contributed by atoms with Crippen molar-refractivity contribution in [1.29, 1.82) is 0 Å². The highest BCUT2D eigenvalue weighted by Crippen LogP contribution is 2.33. The third-order valence-corrected chi connectivity index (χ3v) is 6.46. The summed E-state index contributed by atoms with van der Waals surface area (Å²) in [4.78, 5) is 22.2. The van der Waals surface area contributed by atoms with Gasteiger partial charge in [0.05, 0.1) is 36.1 Å². The number of hydrogen-bond donors (Lipinski definition) is 0. The summed E-state index contributed by atoms with van der Waals surface area (Å²) in [5.41, 5.74) is 1.21. The Kier molecular flexibility index (Phi) is 8.38. The van der Waals surface area contributed by atoms with Gasteiger partial charge in [0.25, 0.3) is 5.91 Å². The molecule has 6 nitrogen and oxygen atoms in total. The van der Waals surface area contributed by atoms with Crippen molar-refractivity contribution in [3.8, 4) is 5.75 Å².